The van der Waals surface area contributed by atoms with Crippen LogP contribution < -0.4 is 0 Å². The third-order valence-corrected chi connectivity index (χ3v) is 2.64. The fourth-order valence-corrected chi connectivity index (χ4v) is 1.90. The molecule has 0 saturated carbocycles. The monoisotopic (exact) mass is 162 g/mol. The Morgan fingerprint density at radius 1 is 1.08 bits per heavy atom. The maximum absolute atomic E-state index is 9.66. The van der Waals surface area contributed by atoms with E-state index < -0.39 is 0 Å². The molecule has 2 bridgehead atoms. The van der Waals surface area contributed by atoms with Crippen molar-refractivity contribution >= 4 is 0 Å². The Labute approximate surface area is 73.1 Å². The summed E-state index contributed by atoms with van der Waals surface area (Å²) in [5.74, 6) is 0.946. The molecule has 0 aromatic carbocycles. The number of aliphatic hydroxyl groups excluding tert-OH is 1. The lowest BCUT2D eigenvalue weighted by Gasteiger charge is -2.16. The van der Waals surface area contributed by atoms with Gasteiger partial charge in [-0.1, -0.05) is 36.5 Å². The standard InChI is InChI=1S/C11H14O/c12-11-7-3-5-9-4-1-2-6-10(11)8-9/h1-4,6-7,9-12H,5,8H2/t9-,10-,11+/m0/s1. The lowest BCUT2D eigenvalue weighted by atomic mass is 9.92. The summed E-state index contributed by atoms with van der Waals surface area (Å²) in [7, 11) is 0. The summed E-state index contributed by atoms with van der Waals surface area (Å²) in [6.45, 7) is 0. The molecule has 0 unspecified atom stereocenters. The lowest BCUT2D eigenvalue weighted by molar-refractivity contribution is 0.169. The first-order chi connectivity index (χ1) is 5.86. The summed E-state index contributed by atoms with van der Waals surface area (Å²) in [4.78, 5) is 0. The number of aliphatic hydroxyl groups is 1. The number of hydrogen-bond acceptors (Lipinski definition) is 1. The van der Waals surface area contributed by atoms with Crippen LogP contribution in [0.1, 0.15) is 12.8 Å². The van der Waals surface area contributed by atoms with Crippen LogP contribution in [-0.4, -0.2) is 11.2 Å². The molecule has 2 aliphatic carbocycles. The molecule has 1 N–H and O–H groups in total. The minimum absolute atomic E-state index is 0.272. The predicted octanol–water partition coefficient (Wildman–Crippen LogP) is 2.06. The first kappa shape index (κ1) is 7.81. The van der Waals surface area contributed by atoms with Crippen molar-refractivity contribution < 1.29 is 5.11 Å². The fraction of sp³-hybridized carbons (Fsp3) is 0.455. The summed E-state index contributed by atoms with van der Waals surface area (Å²) in [5.41, 5.74) is 0. The van der Waals surface area contributed by atoms with Crippen LogP contribution in [0.5, 0.6) is 0 Å². The number of allylic oxidation sites excluding steroid dienone is 4. The van der Waals surface area contributed by atoms with Gasteiger partial charge in [-0.15, -0.1) is 0 Å². The van der Waals surface area contributed by atoms with Gasteiger partial charge in [0.1, 0.15) is 0 Å². The molecule has 0 aromatic rings. The quantitative estimate of drug-likeness (QED) is 0.540. The van der Waals surface area contributed by atoms with Crippen LogP contribution in [0.25, 0.3) is 0 Å². The highest BCUT2D eigenvalue weighted by Gasteiger charge is 2.21. The average molecular weight is 162 g/mol. The van der Waals surface area contributed by atoms with Crippen molar-refractivity contribution in [1.29, 1.82) is 0 Å². The topological polar surface area (TPSA) is 20.2 Å². The second kappa shape index (κ2) is 3.28. The zero-order chi connectivity index (χ0) is 8.39. The Hall–Kier alpha value is -0.820. The Bertz CT molecular complexity index is 237. The second-order valence-corrected chi connectivity index (χ2v) is 3.58. The molecular weight excluding hydrogens is 148 g/mol. The van der Waals surface area contributed by atoms with E-state index in [1.54, 1.807) is 0 Å². The lowest BCUT2D eigenvalue weighted by Crippen LogP contribution is -2.16. The summed E-state index contributed by atoms with van der Waals surface area (Å²) in [5, 5.41) is 9.66. The molecule has 0 heterocycles. The second-order valence-electron chi connectivity index (χ2n) is 3.58. The molecule has 0 aromatic heterocycles. The Morgan fingerprint density at radius 3 is 2.83 bits per heavy atom. The molecule has 0 radical (unpaired) electrons. The van der Waals surface area contributed by atoms with Crippen LogP contribution in [0.15, 0.2) is 36.5 Å². The molecule has 2 rings (SSSR count). The summed E-state index contributed by atoms with van der Waals surface area (Å²) in [6.07, 6.45) is 14.4. The SMILES string of the molecule is O[C@@H]1C=CC[C@@H]2C=CC=C[C@H]1C2. The van der Waals surface area contributed by atoms with E-state index in [1.807, 2.05) is 12.2 Å². The van der Waals surface area contributed by atoms with Gasteiger partial charge in [-0.05, 0) is 18.8 Å². The van der Waals surface area contributed by atoms with Crippen molar-refractivity contribution in [2.45, 2.75) is 18.9 Å². The van der Waals surface area contributed by atoms with Gasteiger partial charge in [0.25, 0.3) is 0 Å². The molecule has 12 heavy (non-hydrogen) atoms. The Balaban J connectivity index is 2.23. The maximum atomic E-state index is 9.66. The first-order valence-electron chi connectivity index (χ1n) is 4.56. The van der Waals surface area contributed by atoms with E-state index in [9.17, 15) is 5.11 Å². The molecule has 0 saturated heterocycles. The average Bonchev–Trinajstić information content (AvgIpc) is 2.38. The normalized spacial score (nSPS) is 39.2. The highest BCUT2D eigenvalue weighted by molar-refractivity contribution is 5.15. The van der Waals surface area contributed by atoms with Crippen LogP contribution in [0.3, 0.4) is 0 Å². The van der Waals surface area contributed by atoms with Gasteiger partial charge in [-0.25, -0.2) is 0 Å². The van der Waals surface area contributed by atoms with Crippen LogP contribution in [-0.2, 0) is 0 Å². The van der Waals surface area contributed by atoms with E-state index in [4.69, 9.17) is 0 Å². The van der Waals surface area contributed by atoms with E-state index in [1.165, 1.54) is 0 Å². The van der Waals surface area contributed by atoms with Gasteiger partial charge in [-0.2, -0.15) is 0 Å². The number of rotatable bonds is 0. The van der Waals surface area contributed by atoms with Gasteiger partial charge in [0.15, 0.2) is 0 Å². The van der Waals surface area contributed by atoms with E-state index in [0.29, 0.717) is 11.8 Å². The minimum Gasteiger partial charge on any atom is -0.388 e. The molecule has 1 heteroatoms. The van der Waals surface area contributed by atoms with Gasteiger partial charge in [0.2, 0.25) is 0 Å². The molecule has 0 aliphatic heterocycles. The first-order valence-corrected chi connectivity index (χ1v) is 4.56. The smallest absolute Gasteiger partial charge is 0.0783 e. The molecule has 2 aliphatic rings. The van der Waals surface area contributed by atoms with Crippen LogP contribution in [0.4, 0.5) is 0 Å². The number of hydrogen-bond donors (Lipinski definition) is 1. The van der Waals surface area contributed by atoms with Crippen molar-refractivity contribution in [2.24, 2.45) is 11.8 Å². The Kier molecular flexibility index (Phi) is 2.13. The Morgan fingerprint density at radius 2 is 1.92 bits per heavy atom. The molecule has 64 valence electrons. The summed E-state index contributed by atoms with van der Waals surface area (Å²) >= 11 is 0. The molecule has 1 nitrogen and oxygen atoms in total. The third-order valence-electron chi connectivity index (χ3n) is 2.64. The van der Waals surface area contributed by atoms with Crippen molar-refractivity contribution in [3.05, 3.63) is 36.5 Å². The van der Waals surface area contributed by atoms with E-state index in [0.717, 1.165) is 12.8 Å². The fourth-order valence-electron chi connectivity index (χ4n) is 1.90. The third kappa shape index (κ3) is 1.51. The van der Waals surface area contributed by atoms with Crippen LogP contribution in [0, 0.1) is 11.8 Å². The zero-order valence-electron chi connectivity index (χ0n) is 7.06. The highest BCUT2D eigenvalue weighted by atomic mass is 16.3. The molecule has 3 atom stereocenters. The predicted molar refractivity (Wildman–Crippen MR) is 49.6 cm³/mol. The molecule has 0 fully saturated rings. The van der Waals surface area contributed by atoms with Crippen molar-refractivity contribution in [2.75, 3.05) is 0 Å². The van der Waals surface area contributed by atoms with Gasteiger partial charge in [0.05, 0.1) is 6.10 Å². The van der Waals surface area contributed by atoms with Gasteiger partial charge in [0, 0.05) is 5.92 Å². The van der Waals surface area contributed by atoms with Crippen LogP contribution in [0.2, 0.25) is 0 Å². The van der Waals surface area contributed by atoms with Gasteiger partial charge < -0.3 is 5.11 Å². The van der Waals surface area contributed by atoms with Crippen molar-refractivity contribution in [3.63, 3.8) is 0 Å². The summed E-state index contributed by atoms with van der Waals surface area (Å²) in [6, 6.07) is 0. The number of fused-ring (bicyclic) bond motifs is 2. The van der Waals surface area contributed by atoms with Gasteiger partial charge in [-0.3, -0.25) is 0 Å². The summed E-state index contributed by atoms with van der Waals surface area (Å²) < 4.78 is 0. The molecule has 0 spiro atoms. The van der Waals surface area contributed by atoms with E-state index >= 15 is 0 Å². The largest absolute Gasteiger partial charge is 0.388 e. The minimum atomic E-state index is -0.272. The zero-order valence-corrected chi connectivity index (χ0v) is 7.06. The molecule has 0 amide bonds. The molecular formula is C11H14O. The van der Waals surface area contributed by atoms with Gasteiger partial charge >= 0.3 is 0 Å². The van der Waals surface area contributed by atoms with E-state index in [-0.39, 0.29) is 6.10 Å². The van der Waals surface area contributed by atoms with Crippen LogP contribution >= 0.6 is 0 Å². The van der Waals surface area contributed by atoms with Crippen molar-refractivity contribution in [3.8, 4) is 0 Å². The maximum Gasteiger partial charge on any atom is 0.0783 e. The highest BCUT2D eigenvalue weighted by Crippen LogP contribution is 2.27. The van der Waals surface area contributed by atoms with E-state index in [2.05, 4.69) is 24.3 Å². The van der Waals surface area contributed by atoms with Crippen molar-refractivity contribution in [1.82, 2.24) is 0 Å².